The minimum atomic E-state index is -3.58. The molecule has 2 aliphatic rings. The van der Waals surface area contributed by atoms with Crippen LogP contribution in [-0.2, 0) is 14.8 Å². The second-order valence-electron chi connectivity index (χ2n) is 7.57. The van der Waals surface area contributed by atoms with Crippen molar-refractivity contribution in [1.82, 2.24) is 9.62 Å². The van der Waals surface area contributed by atoms with Crippen LogP contribution in [0.15, 0.2) is 39.9 Å². The maximum absolute atomic E-state index is 12.8. The van der Waals surface area contributed by atoms with Gasteiger partial charge in [0.25, 0.3) is 15.9 Å². The highest BCUT2D eigenvalue weighted by Gasteiger charge is 2.34. The summed E-state index contributed by atoms with van der Waals surface area (Å²) in [5.74, 6) is -0.931. The van der Waals surface area contributed by atoms with E-state index in [0.717, 1.165) is 12.8 Å². The fourth-order valence-electron chi connectivity index (χ4n) is 3.42. The maximum Gasteiger partial charge on any atom is 0.253 e. The number of anilines is 1. The van der Waals surface area contributed by atoms with Gasteiger partial charge in [-0.2, -0.15) is 4.31 Å². The highest BCUT2D eigenvalue weighted by atomic mass is 35.5. The van der Waals surface area contributed by atoms with Gasteiger partial charge in [0.1, 0.15) is 4.21 Å². The number of piperidine rings is 1. The number of halogens is 1. The summed E-state index contributed by atoms with van der Waals surface area (Å²) in [6.45, 7) is 0.544. The fourth-order valence-corrected chi connectivity index (χ4v) is 6.36. The van der Waals surface area contributed by atoms with Crippen molar-refractivity contribution in [2.45, 2.75) is 35.9 Å². The first kappa shape index (κ1) is 21.3. The van der Waals surface area contributed by atoms with Crippen molar-refractivity contribution in [3.8, 4) is 0 Å². The van der Waals surface area contributed by atoms with E-state index in [4.69, 9.17) is 11.6 Å². The van der Waals surface area contributed by atoms with Crippen molar-refractivity contribution in [2.24, 2.45) is 5.92 Å². The lowest BCUT2D eigenvalue weighted by Gasteiger charge is -2.30. The lowest BCUT2D eigenvalue weighted by Crippen LogP contribution is -2.43. The van der Waals surface area contributed by atoms with Crippen LogP contribution < -0.4 is 10.6 Å². The van der Waals surface area contributed by atoms with Crippen LogP contribution in [0, 0.1) is 5.92 Å². The molecule has 160 valence electrons. The molecule has 2 N–H and O–H groups in total. The molecule has 10 heteroatoms. The molecule has 1 saturated carbocycles. The maximum atomic E-state index is 12.8. The number of nitrogens with zero attached hydrogens (tertiary/aromatic N) is 1. The van der Waals surface area contributed by atoms with Gasteiger partial charge in [-0.15, -0.1) is 11.3 Å². The summed E-state index contributed by atoms with van der Waals surface area (Å²) in [6.07, 6.45) is 3.19. The minimum Gasteiger partial charge on any atom is -0.349 e. The van der Waals surface area contributed by atoms with E-state index >= 15 is 0 Å². The van der Waals surface area contributed by atoms with Crippen molar-refractivity contribution in [2.75, 3.05) is 18.4 Å². The second-order valence-corrected chi connectivity index (χ2v) is 11.1. The molecule has 1 unspecified atom stereocenters. The Hall–Kier alpha value is -1.94. The highest BCUT2D eigenvalue weighted by molar-refractivity contribution is 7.91. The van der Waals surface area contributed by atoms with Crippen molar-refractivity contribution in [3.05, 3.63) is 46.3 Å². The molecule has 1 aliphatic heterocycles. The normalized spacial score (nSPS) is 20.0. The number of hydrogen-bond donors (Lipinski definition) is 2. The SMILES string of the molecule is O=C(NC1CC1)c1ccc(NC(=O)C2CCCN(S(=O)(=O)c3cccs3)C2)cc1Cl. The minimum absolute atomic E-state index is 0.141. The van der Waals surface area contributed by atoms with Crippen LogP contribution in [0.25, 0.3) is 0 Å². The van der Waals surface area contributed by atoms with Gasteiger partial charge < -0.3 is 10.6 Å². The van der Waals surface area contributed by atoms with Crippen LogP contribution in [-0.4, -0.2) is 43.7 Å². The van der Waals surface area contributed by atoms with E-state index in [2.05, 4.69) is 10.6 Å². The number of carbonyl (C=O) groups excluding carboxylic acids is 2. The monoisotopic (exact) mass is 467 g/mol. The average Bonchev–Trinajstić information content (AvgIpc) is 3.35. The number of amides is 2. The van der Waals surface area contributed by atoms with Crippen LogP contribution >= 0.6 is 22.9 Å². The first-order chi connectivity index (χ1) is 14.3. The predicted octanol–water partition coefficient (Wildman–Crippen LogP) is 3.33. The molecular formula is C20H22ClN3O4S2. The molecule has 1 aromatic carbocycles. The van der Waals surface area contributed by atoms with E-state index in [1.807, 2.05) is 0 Å². The molecule has 2 aromatic rings. The van der Waals surface area contributed by atoms with Gasteiger partial charge in [-0.05, 0) is 55.3 Å². The molecule has 30 heavy (non-hydrogen) atoms. The van der Waals surface area contributed by atoms with Gasteiger partial charge in [0.2, 0.25) is 5.91 Å². The van der Waals surface area contributed by atoms with E-state index in [-0.39, 0.29) is 33.6 Å². The van der Waals surface area contributed by atoms with Gasteiger partial charge in [0.15, 0.2) is 0 Å². The number of hydrogen-bond acceptors (Lipinski definition) is 5. The summed E-state index contributed by atoms with van der Waals surface area (Å²) in [5, 5.41) is 7.67. The molecule has 4 rings (SSSR count). The fraction of sp³-hybridized carbons (Fsp3) is 0.400. The van der Waals surface area contributed by atoms with E-state index < -0.39 is 15.9 Å². The first-order valence-corrected chi connectivity index (χ1v) is 12.5. The second kappa shape index (κ2) is 8.66. The molecule has 1 saturated heterocycles. The van der Waals surface area contributed by atoms with Crippen molar-refractivity contribution in [1.29, 1.82) is 0 Å². The quantitative estimate of drug-likeness (QED) is 0.681. The Bertz CT molecular complexity index is 1050. The third-order valence-electron chi connectivity index (χ3n) is 5.24. The van der Waals surface area contributed by atoms with Crippen LogP contribution in [0.3, 0.4) is 0 Å². The van der Waals surface area contributed by atoms with Crippen LogP contribution in [0.1, 0.15) is 36.0 Å². The topological polar surface area (TPSA) is 95.6 Å². The van der Waals surface area contributed by atoms with Gasteiger partial charge >= 0.3 is 0 Å². The first-order valence-electron chi connectivity index (χ1n) is 9.79. The Kier molecular flexibility index (Phi) is 6.15. The van der Waals surface area contributed by atoms with E-state index in [1.54, 1.807) is 35.7 Å². The summed E-state index contributed by atoms with van der Waals surface area (Å²) >= 11 is 7.41. The molecular weight excluding hydrogens is 446 g/mol. The molecule has 7 nitrogen and oxygen atoms in total. The largest absolute Gasteiger partial charge is 0.349 e. The van der Waals surface area contributed by atoms with Crippen molar-refractivity contribution < 1.29 is 18.0 Å². The number of rotatable bonds is 6. The summed E-state index contributed by atoms with van der Waals surface area (Å²) in [7, 11) is -3.58. The zero-order valence-corrected chi connectivity index (χ0v) is 18.5. The average molecular weight is 468 g/mol. The number of sulfonamides is 1. The summed E-state index contributed by atoms with van der Waals surface area (Å²) in [6, 6.07) is 8.27. The standard InChI is InChI=1S/C20H22ClN3O4S2/c21-17-11-15(7-8-16(17)20(26)22-14-5-6-14)23-19(25)13-3-1-9-24(12-13)30(27,28)18-4-2-10-29-18/h2,4,7-8,10-11,13-14H,1,3,5-6,9,12H2,(H,22,26)(H,23,25). The predicted molar refractivity (Wildman–Crippen MR) is 116 cm³/mol. The smallest absolute Gasteiger partial charge is 0.253 e. The number of carbonyl (C=O) groups is 2. The van der Waals surface area contributed by atoms with Gasteiger partial charge in [-0.1, -0.05) is 17.7 Å². The summed E-state index contributed by atoms with van der Waals surface area (Å²) in [4.78, 5) is 24.9. The number of benzene rings is 1. The van der Waals surface area contributed by atoms with E-state index in [9.17, 15) is 18.0 Å². The van der Waals surface area contributed by atoms with Gasteiger partial charge in [-0.3, -0.25) is 9.59 Å². The Morgan fingerprint density at radius 3 is 2.63 bits per heavy atom. The molecule has 1 aliphatic carbocycles. The van der Waals surface area contributed by atoms with Gasteiger partial charge in [0.05, 0.1) is 16.5 Å². The molecule has 2 heterocycles. The van der Waals surface area contributed by atoms with Crippen LogP contribution in [0.4, 0.5) is 5.69 Å². The van der Waals surface area contributed by atoms with E-state index in [1.165, 1.54) is 15.6 Å². The lowest BCUT2D eigenvalue weighted by molar-refractivity contribution is -0.120. The molecule has 1 aromatic heterocycles. The Morgan fingerprint density at radius 2 is 1.97 bits per heavy atom. The highest BCUT2D eigenvalue weighted by Crippen LogP contribution is 2.28. The van der Waals surface area contributed by atoms with Gasteiger partial charge in [-0.25, -0.2) is 8.42 Å². The van der Waals surface area contributed by atoms with Crippen molar-refractivity contribution in [3.63, 3.8) is 0 Å². The zero-order chi connectivity index (χ0) is 21.3. The molecule has 0 spiro atoms. The molecule has 2 amide bonds. The van der Waals surface area contributed by atoms with Gasteiger partial charge in [0, 0.05) is 24.8 Å². The summed E-state index contributed by atoms with van der Waals surface area (Å²) in [5.41, 5.74) is 0.846. The number of nitrogens with one attached hydrogen (secondary N) is 2. The number of thiophene rings is 1. The third kappa shape index (κ3) is 4.69. The molecule has 1 atom stereocenters. The Labute approximate surface area is 184 Å². The summed E-state index contributed by atoms with van der Waals surface area (Å²) < 4.78 is 27.2. The Balaban J connectivity index is 1.41. The zero-order valence-electron chi connectivity index (χ0n) is 16.1. The molecule has 0 bridgehead atoms. The lowest BCUT2D eigenvalue weighted by atomic mass is 9.98. The van der Waals surface area contributed by atoms with Crippen LogP contribution in [0.5, 0.6) is 0 Å². The van der Waals surface area contributed by atoms with Crippen molar-refractivity contribution >= 4 is 50.5 Å². The third-order valence-corrected chi connectivity index (χ3v) is 8.79. The Morgan fingerprint density at radius 1 is 1.17 bits per heavy atom. The molecule has 2 fully saturated rings. The molecule has 0 radical (unpaired) electrons. The van der Waals surface area contributed by atoms with Crippen LogP contribution in [0.2, 0.25) is 5.02 Å². The van der Waals surface area contributed by atoms with E-state index in [0.29, 0.717) is 30.6 Å².